The first-order valence-corrected chi connectivity index (χ1v) is 12.9. The fourth-order valence-electron chi connectivity index (χ4n) is 5.17. The molecule has 7 nitrogen and oxygen atoms in total. The van der Waals surface area contributed by atoms with Crippen LogP contribution in [0.1, 0.15) is 56.3 Å². The summed E-state index contributed by atoms with van der Waals surface area (Å²) in [5.41, 5.74) is 1.46. The van der Waals surface area contributed by atoms with Gasteiger partial charge in [0.05, 0.1) is 19.2 Å². The van der Waals surface area contributed by atoms with Gasteiger partial charge in [-0.25, -0.2) is 9.37 Å². The Hall–Kier alpha value is -3.00. The van der Waals surface area contributed by atoms with E-state index in [1.54, 1.807) is 41.1 Å². The number of carbonyl (C=O) groups is 2. The molecule has 0 saturated heterocycles. The molecule has 1 fully saturated rings. The highest BCUT2D eigenvalue weighted by molar-refractivity contribution is 5.98. The monoisotopic (exact) mass is 497 g/mol. The second-order valence-electron chi connectivity index (χ2n) is 10.3. The van der Waals surface area contributed by atoms with E-state index in [4.69, 9.17) is 4.74 Å². The van der Waals surface area contributed by atoms with Crippen molar-refractivity contribution in [1.82, 2.24) is 14.8 Å². The number of aromatic nitrogens is 1. The van der Waals surface area contributed by atoms with E-state index in [0.717, 1.165) is 25.7 Å². The lowest BCUT2D eigenvalue weighted by Gasteiger charge is -2.38. The van der Waals surface area contributed by atoms with E-state index in [1.165, 1.54) is 18.6 Å². The summed E-state index contributed by atoms with van der Waals surface area (Å²) in [6.07, 6.45) is 6.38. The molecule has 2 aromatic rings. The molecule has 1 N–H and O–H groups in total. The van der Waals surface area contributed by atoms with Gasteiger partial charge in [0.2, 0.25) is 11.8 Å². The number of halogens is 1. The summed E-state index contributed by atoms with van der Waals surface area (Å²) in [5.74, 6) is -0.405. The Morgan fingerprint density at radius 2 is 2.00 bits per heavy atom. The SMILES string of the molecule is C[C@@H]1CN([C@H](C)CO)C(=O)c2cc(-c3cccc(F)c3)cnc2O[C@H]1CN(C)C(=O)C1CCCCC1. The first kappa shape index (κ1) is 26.1. The molecule has 0 spiro atoms. The van der Waals surface area contributed by atoms with Crippen molar-refractivity contribution in [3.63, 3.8) is 0 Å². The van der Waals surface area contributed by atoms with Gasteiger partial charge in [0.15, 0.2) is 0 Å². The molecule has 3 atom stereocenters. The van der Waals surface area contributed by atoms with E-state index in [2.05, 4.69) is 4.98 Å². The van der Waals surface area contributed by atoms with Crippen LogP contribution >= 0.6 is 0 Å². The molecule has 1 aliphatic heterocycles. The smallest absolute Gasteiger partial charge is 0.259 e. The molecule has 4 rings (SSSR count). The number of rotatable bonds is 6. The lowest BCUT2D eigenvalue weighted by atomic mass is 9.88. The van der Waals surface area contributed by atoms with Crippen molar-refractivity contribution in [1.29, 1.82) is 0 Å². The molecule has 1 aromatic carbocycles. The van der Waals surface area contributed by atoms with Gasteiger partial charge in [-0.15, -0.1) is 0 Å². The van der Waals surface area contributed by atoms with Crippen LogP contribution in [0.2, 0.25) is 0 Å². The first-order chi connectivity index (χ1) is 17.3. The summed E-state index contributed by atoms with van der Waals surface area (Å²) in [5, 5.41) is 9.86. The highest BCUT2D eigenvalue weighted by Gasteiger charge is 2.35. The van der Waals surface area contributed by atoms with E-state index in [-0.39, 0.29) is 47.5 Å². The maximum Gasteiger partial charge on any atom is 0.259 e. The Labute approximate surface area is 212 Å². The van der Waals surface area contributed by atoms with Gasteiger partial charge in [0.25, 0.3) is 5.91 Å². The third kappa shape index (κ3) is 5.69. The molecule has 0 bridgehead atoms. The van der Waals surface area contributed by atoms with Crippen LogP contribution in [0.3, 0.4) is 0 Å². The lowest BCUT2D eigenvalue weighted by Crippen LogP contribution is -2.51. The molecule has 1 aromatic heterocycles. The van der Waals surface area contributed by atoms with Crippen molar-refractivity contribution < 1.29 is 23.8 Å². The minimum absolute atomic E-state index is 0.0549. The molecule has 1 aliphatic carbocycles. The number of likely N-dealkylation sites (N-methyl/N-ethyl adjacent to an activating group) is 1. The third-order valence-corrected chi connectivity index (χ3v) is 7.46. The highest BCUT2D eigenvalue weighted by Crippen LogP contribution is 2.31. The molecule has 0 radical (unpaired) electrons. The summed E-state index contributed by atoms with van der Waals surface area (Å²) in [4.78, 5) is 34.5. The van der Waals surface area contributed by atoms with E-state index in [9.17, 15) is 19.1 Å². The summed E-state index contributed by atoms with van der Waals surface area (Å²) in [6, 6.07) is 7.37. The van der Waals surface area contributed by atoms with Crippen LogP contribution < -0.4 is 4.74 Å². The first-order valence-electron chi connectivity index (χ1n) is 12.9. The number of aliphatic hydroxyl groups is 1. The molecule has 1 saturated carbocycles. The van der Waals surface area contributed by atoms with Crippen molar-refractivity contribution >= 4 is 11.8 Å². The van der Waals surface area contributed by atoms with Gasteiger partial charge < -0.3 is 19.6 Å². The Kier molecular flexibility index (Phi) is 8.24. The minimum Gasteiger partial charge on any atom is -0.472 e. The summed E-state index contributed by atoms with van der Waals surface area (Å²) in [7, 11) is 1.81. The quantitative estimate of drug-likeness (QED) is 0.649. The molecular weight excluding hydrogens is 461 g/mol. The Balaban J connectivity index is 1.65. The summed E-state index contributed by atoms with van der Waals surface area (Å²) >= 11 is 0. The Morgan fingerprint density at radius 1 is 1.25 bits per heavy atom. The van der Waals surface area contributed by atoms with Gasteiger partial charge in [-0.1, -0.05) is 38.3 Å². The van der Waals surface area contributed by atoms with Gasteiger partial charge in [-0.2, -0.15) is 0 Å². The minimum atomic E-state index is -0.411. The molecule has 0 unspecified atom stereocenters. The van der Waals surface area contributed by atoms with Crippen molar-refractivity contribution in [2.75, 3.05) is 26.7 Å². The van der Waals surface area contributed by atoms with E-state index >= 15 is 0 Å². The fourth-order valence-corrected chi connectivity index (χ4v) is 5.17. The van der Waals surface area contributed by atoms with Crippen molar-refractivity contribution in [3.8, 4) is 17.0 Å². The topological polar surface area (TPSA) is 83.0 Å². The van der Waals surface area contributed by atoms with Crippen molar-refractivity contribution in [2.45, 2.75) is 58.1 Å². The average Bonchev–Trinajstić information content (AvgIpc) is 2.90. The Morgan fingerprint density at radius 3 is 2.69 bits per heavy atom. The van der Waals surface area contributed by atoms with Crippen LogP contribution in [-0.2, 0) is 4.79 Å². The van der Waals surface area contributed by atoms with Crippen LogP contribution in [0.4, 0.5) is 4.39 Å². The van der Waals surface area contributed by atoms with Crippen LogP contribution in [-0.4, -0.2) is 70.6 Å². The van der Waals surface area contributed by atoms with Gasteiger partial charge in [-0.05, 0) is 43.5 Å². The van der Waals surface area contributed by atoms with E-state index < -0.39 is 12.1 Å². The zero-order valence-corrected chi connectivity index (χ0v) is 21.3. The predicted molar refractivity (Wildman–Crippen MR) is 135 cm³/mol. The number of ether oxygens (including phenoxy) is 1. The van der Waals surface area contributed by atoms with Gasteiger partial charge in [0, 0.05) is 37.2 Å². The van der Waals surface area contributed by atoms with E-state index in [0.29, 0.717) is 24.2 Å². The molecule has 194 valence electrons. The second-order valence-corrected chi connectivity index (χ2v) is 10.3. The number of carbonyl (C=O) groups excluding carboxylic acids is 2. The van der Waals surface area contributed by atoms with Crippen molar-refractivity contribution in [3.05, 3.63) is 47.9 Å². The summed E-state index contributed by atoms with van der Waals surface area (Å²) < 4.78 is 20.2. The Bertz CT molecular complexity index is 1090. The van der Waals surface area contributed by atoms with Crippen LogP contribution in [0.5, 0.6) is 5.88 Å². The number of pyridine rings is 1. The zero-order valence-electron chi connectivity index (χ0n) is 21.3. The van der Waals surface area contributed by atoms with Gasteiger partial charge in [-0.3, -0.25) is 9.59 Å². The molecule has 36 heavy (non-hydrogen) atoms. The number of hydrogen-bond acceptors (Lipinski definition) is 5. The highest BCUT2D eigenvalue weighted by atomic mass is 19.1. The normalized spacial score (nSPS) is 21.7. The molecule has 2 aliphatic rings. The van der Waals surface area contributed by atoms with Crippen LogP contribution in [0.15, 0.2) is 36.5 Å². The van der Waals surface area contributed by atoms with Gasteiger partial charge in [0.1, 0.15) is 17.5 Å². The summed E-state index contributed by atoms with van der Waals surface area (Å²) in [6.45, 7) is 4.33. The van der Waals surface area contributed by atoms with Crippen LogP contribution in [0, 0.1) is 17.7 Å². The second kappa shape index (κ2) is 11.4. The largest absolute Gasteiger partial charge is 0.472 e. The number of benzene rings is 1. The maximum atomic E-state index is 13.8. The van der Waals surface area contributed by atoms with Crippen molar-refractivity contribution in [2.24, 2.45) is 11.8 Å². The van der Waals surface area contributed by atoms with E-state index in [1.807, 2.05) is 14.0 Å². The number of aliphatic hydroxyl groups excluding tert-OH is 1. The number of nitrogens with zero attached hydrogens (tertiary/aromatic N) is 3. The fraction of sp³-hybridized carbons (Fsp3) is 0.536. The maximum absolute atomic E-state index is 13.8. The third-order valence-electron chi connectivity index (χ3n) is 7.46. The number of hydrogen-bond donors (Lipinski definition) is 1. The zero-order chi connectivity index (χ0) is 25.8. The van der Waals surface area contributed by atoms with Gasteiger partial charge >= 0.3 is 0 Å². The molecular formula is C28H36FN3O4. The standard InChI is InChI=1S/C28H36FN3O4/c1-18-15-32(19(2)17-33)28(35)24-13-22(21-10-7-11-23(29)12-21)14-30-26(24)36-25(18)16-31(3)27(34)20-8-5-4-6-9-20/h7,10-14,18-20,25,33H,4-6,8-9,15-17H2,1-3H3/t18-,19-,25+/m1/s1. The number of amides is 2. The molecule has 2 amide bonds. The number of fused-ring (bicyclic) bond motifs is 1. The molecule has 2 heterocycles. The lowest BCUT2D eigenvalue weighted by molar-refractivity contribution is -0.136. The van der Waals surface area contributed by atoms with Crippen LogP contribution in [0.25, 0.3) is 11.1 Å². The predicted octanol–water partition coefficient (Wildman–Crippen LogP) is 4.15. The molecule has 8 heteroatoms. The average molecular weight is 498 g/mol.